The number of ether oxygens (including phenoxy) is 2. The summed E-state index contributed by atoms with van der Waals surface area (Å²) in [6.07, 6.45) is 1.61. The molecule has 8 heteroatoms. The Morgan fingerprint density at radius 3 is 2.57 bits per heavy atom. The van der Waals surface area contributed by atoms with Gasteiger partial charge in [-0.25, -0.2) is 4.79 Å². The monoisotopic (exact) mass is 445 g/mol. The van der Waals surface area contributed by atoms with Gasteiger partial charge >= 0.3 is 5.97 Å². The molecule has 2 aromatic rings. The Bertz CT molecular complexity index is 1000. The fourth-order valence-corrected chi connectivity index (χ4v) is 3.81. The summed E-state index contributed by atoms with van der Waals surface area (Å²) < 4.78 is 10.1. The fraction of sp³-hybridized carbons (Fsp3) is 0.227. The lowest BCUT2D eigenvalue weighted by Crippen LogP contribution is -2.27. The summed E-state index contributed by atoms with van der Waals surface area (Å²) >= 11 is 7.11. The van der Waals surface area contributed by atoms with Gasteiger partial charge < -0.3 is 9.47 Å². The standard InChI is InChI=1S/C22H20ClNO5S/c1-3-28-20(25)13-29-18-9-8-16(10-17(18)23)11-19-21(26)24(22(27)30-19)12-15-6-4-14(2)5-7-15/h4-11H,3,12-13H2,1-2H3/b19-11-. The first kappa shape index (κ1) is 21.9. The fourth-order valence-electron chi connectivity index (χ4n) is 2.73. The largest absolute Gasteiger partial charge is 0.480 e. The molecule has 1 aliphatic heterocycles. The van der Waals surface area contributed by atoms with Crippen LogP contribution in [0.1, 0.15) is 23.6 Å². The molecule has 3 rings (SSSR count). The highest BCUT2D eigenvalue weighted by Crippen LogP contribution is 2.34. The molecule has 0 saturated carbocycles. The molecule has 2 amide bonds. The van der Waals surface area contributed by atoms with Gasteiger partial charge in [0.1, 0.15) is 5.75 Å². The van der Waals surface area contributed by atoms with Gasteiger partial charge in [0.15, 0.2) is 6.61 Å². The molecule has 2 aromatic carbocycles. The molecule has 1 heterocycles. The van der Waals surface area contributed by atoms with Crippen molar-refractivity contribution in [2.75, 3.05) is 13.2 Å². The van der Waals surface area contributed by atoms with Gasteiger partial charge in [0, 0.05) is 0 Å². The van der Waals surface area contributed by atoms with E-state index in [0.717, 1.165) is 22.9 Å². The van der Waals surface area contributed by atoms with Crippen molar-refractivity contribution in [1.29, 1.82) is 0 Å². The second-order valence-electron chi connectivity index (χ2n) is 6.54. The van der Waals surface area contributed by atoms with Gasteiger partial charge in [-0.1, -0.05) is 47.5 Å². The van der Waals surface area contributed by atoms with Crippen molar-refractivity contribution in [3.8, 4) is 5.75 Å². The highest BCUT2D eigenvalue weighted by Gasteiger charge is 2.35. The van der Waals surface area contributed by atoms with Crippen LogP contribution in [0.5, 0.6) is 5.75 Å². The summed E-state index contributed by atoms with van der Waals surface area (Å²) in [7, 11) is 0. The lowest BCUT2D eigenvalue weighted by Gasteiger charge is -2.12. The molecule has 1 saturated heterocycles. The molecule has 1 aliphatic rings. The number of aryl methyl sites for hydroxylation is 1. The van der Waals surface area contributed by atoms with Crippen LogP contribution >= 0.6 is 23.4 Å². The smallest absolute Gasteiger partial charge is 0.344 e. The molecule has 30 heavy (non-hydrogen) atoms. The van der Waals surface area contributed by atoms with Crippen molar-refractivity contribution >= 4 is 46.6 Å². The molecule has 156 valence electrons. The van der Waals surface area contributed by atoms with Gasteiger partial charge in [0.2, 0.25) is 0 Å². The van der Waals surface area contributed by atoms with Crippen molar-refractivity contribution in [3.63, 3.8) is 0 Å². The van der Waals surface area contributed by atoms with Crippen molar-refractivity contribution in [1.82, 2.24) is 4.90 Å². The molecular weight excluding hydrogens is 426 g/mol. The summed E-state index contributed by atoms with van der Waals surface area (Å²) in [5.41, 5.74) is 2.64. The van der Waals surface area contributed by atoms with E-state index in [2.05, 4.69) is 0 Å². The number of imide groups is 1. The summed E-state index contributed by atoms with van der Waals surface area (Å²) in [6.45, 7) is 3.94. The first-order chi connectivity index (χ1) is 14.4. The third-order valence-corrected chi connectivity index (χ3v) is 5.44. The van der Waals surface area contributed by atoms with Crippen LogP contribution in [0.25, 0.3) is 6.08 Å². The van der Waals surface area contributed by atoms with Crippen LogP contribution in [-0.2, 0) is 20.9 Å². The van der Waals surface area contributed by atoms with E-state index in [4.69, 9.17) is 21.1 Å². The third-order valence-electron chi connectivity index (χ3n) is 4.24. The number of carbonyl (C=O) groups excluding carboxylic acids is 3. The number of hydrogen-bond acceptors (Lipinski definition) is 6. The second kappa shape index (κ2) is 9.82. The first-order valence-corrected chi connectivity index (χ1v) is 10.5. The zero-order valence-corrected chi connectivity index (χ0v) is 18.1. The van der Waals surface area contributed by atoms with Crippen LogP contribution in [0.3, 0.4) is 0 Å². The second-order valence-corrected chi connectivity index (χ2v) is 7.94. The summed E-state index contributed by atoms with van der Waals surface area (Å²) in [4.78, 5) is 37.9. The van der Waals surface area contributed by atoms with Gasteiger partial charge in [-0.2, -0.15) is 0 Å². The topological polar surface area (TPSA) is 72.9 Å². The molecule has 1 fully saturated rings. The van der Waals surface area contributed by atoms with Crippen molar-refractivity contribution in [3.05, 3.63) is 69.1 Å². The lowest BCUT2D eigenvalue weighted by molar-refractivity contribution is -0.145. The average Bonchev–Trinajstić information content (AvgIpc) is 2.96. The maximum atomic E-state index is 12.7. The maximum absolute atomic E-state index is 12.7. The third kappa shape index (κ3) is 5.43. The van der Waals surface area contributed by atoms with Gasteiger partial charge in [0.05, 0.1) is 23.1 Å². The predicted octanol–water partition coefficient (Wildman–Crippen LogP) is 4.83. The highest BCUT2D eigenvalue weighted by atomic mass is 35.5. The average molecular weight is 446 g/mol. The molecule has 6 nitrogen and oxygen atoms in total. The number of halogens is 1. The maximum Gasteiger partial charge on any atom is 0.344 e. The first-order valence-electron chi connectivity index (χ1n) is 9.26. The molecule has 0 unspecified atom stereocenters. The number of esters is 1. The van der Waals surface area contributed by atoms with Gasteiger partial charge in [-0.3, -0.25) is 14.5 Å². The van der Waals surface area contributed by atoms with Crippen LogP contribution in [0.4, 0.5) is 4.79 Å². The Morgan fingerprint density at radius 1 is 1.17 bits per heavy atom. The Kier molecular flexibility index (Phi) is 7.18. The number of carbonyl (C=O) groups is 3. The molecule has 0 bridgehead atoms. The Hall–Kier alpha value is -2.77. The Morgan fingerprint density at radius 2 is 1.90 bits per heavy atom. The van der Waals surface area contributed by atoms with Crippen molar-refractivity contribution in [2.24, 2.45) is 0 Å². The lowest BCUT2D eigenvalue weighted by atomic mass is 10.1. The van der Waals surface area contributed by atoms with E-state index < -0.39 is 5.97 Å². The van der Waals surface area contributed by atoms with E-state index in [9.17, 15) is 14.4 Å². The zero-order valence-electron chi connectivity index (χ0n) is 16.5. The number of amides is 2. The van der Waals surface area contributed by atoms with Crippen LogP contribution in [0.15, 0.2) is 47.4 Å². The van der Waals surface area contributed by atoms with Gasteiger partial charge in [0.25, 0.3) is 11.1 Å². The van der Waals surface area contributed by atoms with E-state index in [1.165, 1.54) is 4.90 Å². The predicted molar refractivity (Wildman–Crippen MR) is 116 cm³/mol. The Labute approximate surface area is 183 Å². The van der Waals surface area contributed by atoms with E-state index in [-0.39, 0.29) is 35.9 Å². The highest BCUT2D eigenvalue weighted by molar-refractivity contribution is 8.18. The molecule has 0 aliphatic carbocycles. The van der Waals surface area contributed by atoms with Crippen molar-refractivity contribution in [2.45, 2.75) is 20.4 Å². The SMILES string of the molecule is CCOC(=O)COc1ccc(/C=C2\SC(=O)N(Cc3ccc(C)cc3)C2=O)cc1Cl. The zero-order chi connectivity index (χ0) is 21.7. The molecular formula is C22H20ClNO5S. The van der Waals surface area contributed by atoms with Crippen LogP contribution in [-0.4, -0.2) is 35.2 Å². The van der Waals surface area contributed by atoms with Gasteiger partial charge in [-0.05, 0) is 54.9 Å². The number of rotatable bonds is 7. The minimum Gasteiger partial charge on any atom is -0.480 e. The number of thioether (sulfide) groups is 1. The minimum absolute atomic E-state index is 0.226. The van der Waals surface area contributed by atoms with Crippen molar-refractivity contribution < 1.29 is 23.9 Å². The summed E-state index contributed by atoms with van der Waals surface area (Å²) in [5, 5.41) is -0.0285. The van der Waals surface area contributed by atoms with E-state index >= 15 is 0 Å². The van der Waals surface area contributed by atoms with E-state index in [1.807, 2.05) is 31.2 Å². The number of hydrogen-bond donors (Lipinski definition) is 0. The summed E-state index contributed by atoms with van der Waals surface area (Å²) in [6, 6.07) is 12.6. The molecule has 0 radical (unpaired) electrons. The van der Waals surface area contributed by atoms with Gasteiger partial charge in [-0.15, -0.1) is 0 Å². The van der Waals surface area contributed by atoms with E-state index in [1.54, 1.807) is 31.2 Å². The number of benzene rings is 2. The van der Waals surface area contributed by atoms with Crippen LogP contribution in [0, 0.1) is 6.92 Å². The minimum atomic E-state index is -0.486. The van der Waals surface area contributed by atoms with E-state index in [0.29, 0.717) is 16.2 Å². The molecule has 0 N–H and O–H groups in total. The number of nitrogens with zero attached hydrogens (tertiary/aromatic N) is 1. The van der Waals surface area contributed by atoms with Crippen LogP contribution < -0.4 is 4.74 Å². The Balaban J connectivity index is 1.69. The quantitative estimate of drug-likeness (QED) is 0.449. The normalized spacial score (nSPS) is 15.0. The van der Waals surface area contributed by atoms with Crippen LogP contribution in [0.2, 0.25) is 5.02 Å². The molecule has 0 spiro atoms. The summed E-state index contributed by atoms with van der Waals surface area (Å²) in [5.74, 6) is -0.501. The molecule has 0 atom stereocenters. The molecule has 0 aromatic heterocycles.